The molecule has 0 fully saturated rings. The van der Waals surface area contributed by atoms with Gasteiger partial charge in [-0.2, -0.15) is 8.78 Å². The molecule has 0 spiro atoms. The molecule has 0 saturated heterocycles. The quantitative estimate of drug-likeness (QED) is 0.923. The molecule has 7 heteroatoms. The van der Waals surface area contributed by atoms with Crippen LogP contribution in [0, 0.1) is 6.92 Å². The van der Waals surface area contributed by atoms with Crippen molar-refractivity contribution in [1.29, 1.82) is 0 Å². The van der Waals surface area contributed by atoms with Crippen LogP contribution in [0.25, 0.3) is 11.5 Å². The van der Waals surface area contributed by atoms with Crippen LogP contribution >= 0.6 is 0 Å². The zero-order valence-electron chi connectivity index (χ0n) is 9.76. The number of carboxylic acids is 1. The van der Waals surface area contributed by atoms with Gasteiger partial charge in [0.15, 0.2) is 5.69 Å². The van der Waals surface area contributed by atoms with Gasteiger partial charge in [-0.15, -0.1) is 0 Å². The molecule has 5 nitrogen and oxygen atoms in total. The van der Waals surface area contributed by atoms with Gasteiger partial charge in [0, 0.05) is 5.56 Å². The molecule has 0 atom stereocenters. The summed E-state index contributed by atoms with van der Waals surface area (Å²) in [7, 11) is 0. The van der Waals surface area contributed by atoms with Crippen molar-refractivity contribution in [2.45, 2.75) is 13.5 Å². The average Bonchev–Trinajstić information content (AvgIpc) is 2.71. The van der Waals surface area contributed by atoms with Crippen LogP contribution in [0.3, 0.4) is 0 Å². The lowest BCUT2D eigenvalue weighted by molar-refractivity contribution is -0.0498. The number of aryl methyl sites for hydroxylation is 1. The summed E-state index contributed by atoms with van der Waals surface area (Å²) in [5, 5.41) is 8.85. The number of benzene rings is 1. The molecule has 0 aliphatic heterocycles. The highest BCUT2D eigenvalue weighted by Crippen LogP contribution is 2.26. The molecule has 0 unspecified atom stereocenters. The van der Waals surface area contributed by atoms with E-state index in [1.165, 1.54) is 25.1 Å². The Bertz CT molecular complexity index is 610. The molecule has 0 aliphatic rings. The zero-order chi connectivity index (χ0) is 14.0. The van der Waals surface area contributed by atoms with E-state index in [0.29, 0.717) is 5.56 Å². The lowest BCUT2D eigenvalue weighted by atomic mass is 10.2. The maximum absolute atomic E-state index is 12.1. The maximum Gasteiger partial charge on any atom is 0.387 e. The van der Waals surface area contributed by atoms with E-state index < -0.39 is 12.6 Å². The van der Waals surface area contributed by atoms with Gasteiger partial charge in [-0.3, -0.25) is 0 Å². The van der Waals surface area contributed by atoms with E-state index in [2.05, 4.69) is 9.72 Å². The average molecular weight is 269 g/mol. The van der Waals surface area contributed by atoms with E-state index in [-0.39, 0.29) is 23.1 Å². The summed E-state index contributed by atoms with van der Waals surface area (Å²) in [5.74, 6) is -1.09. The number of rotatable bonds is 4. The van der Waals surface area contributed by atoms with Crippen molar-refractivity contribution >= 4 is 5.97 Å². The summed E-state index contributed by atoms with van der Waals surface area (Å²) in [4.78, 5) is 14.6. The molecule has 0 aliphatic carbocycles. The number of carbonyl (C=O) groups is 1. The van der Waals surface area contributed by atoms with Gasteiger partial charge in [-0.1, -0.05) is 6.07 Å². The predicted octanol–water partition coefficient (Wildman–Crippen LogP) is 2.95. The third-order valence-corrected chi connectivity index (χ3v) is 2.31. The second kappa shape index (κ2) is 5.05. The summed E-state index contributed by atoms with van der Waals surface area (Å²) in [6, 6.07) is 5.68. The molecule has 0 bridgehead atoms. The smallest absolute Gasteiger partial charge is 0.387 e. The van der Waals surface area contributed by atoms with Gasteiger partial charge in [0.1, 0.15) is 11.5 Å². The van der Waals surface area contributed by atoms with Crippen LogP contribution in [0.4, 0.5) is 8.78 Å². The number of aromatic carboxylic acids is 1. The predicted molar refractivity (Wildman–Crippen MR) is 60.3 cm³/mol. The second-order valence-corrected chi connectivity index (χ2v) is 3.64. The monoisotopic (exact) mass is 269 g/mol. The maximum atomic E-state index is 12.1. The summed E-state index contributed by atoms with van der Waals surface area (Å²) in [5.41, 5.74) is 0.143. The first kappa shape index (κ1) is 13.0. The zero-order valence-corrected chi connectivity index (χ0v) is 9.76. The van der Waals surface area contributed by atoms with Crippen molar-refractivity contribution < 1.29 is 27.8 Å². The lowest BCUT2D eigenvalue weighted by Gasteiger charge is -2.04. The highest BCUT2D eigenvalue weighted by molar-refractivity contribution is 5.87. The number of oxazole rings is 1. The van der Waals surface area contributed by atoms with Crippen LogP contribution in [0.1, 0.15) is 16.2 Å². The SMILES string of the molecule is Cc1oc(-c2cccc(OC(F)F)c2)nc1C(=O)O. The van der Waals surface area contributed by atoms with Gasteiger partial charge >= 0.3 is 12.6 Å². The van der Waals surface area contributed by atoms with Crippen LogP contribution in [0.15, 0.2) is 28.7 Å². The summed E-state index contributed by atoms with van der Waals surface area (Å²) in [6.45, 7) is -1.48. The van der Waals surface area contributed by atoms with E-state index in [0.717, 1.165) is 0 Å². The van der Waals surface area contributed by atoms with Gasteiger partial charge in [-0.05, 0) is 25.1 Å². The molecule has 19 heavy (non-hydrogen) atoms. The fraction of sp³-hybridized carbons (Fsp3) is 0.167. The summed E-state index contributed by atoms with van der Waals surface area (Å²) < 4.78 is 33.6. The second-order valence-electron chi connectivity index (χ2n) is 3.64. The van der Waals surface area contributed by atoms with Crippen molar-refractivity contribution in [2.24, 2.45) is 0 Å². The molecular formula is C12H9F2NO4. The number of hydrogen-bond acceptors (Lipinski definition) is 4. The van der Waals surface area contributed by atoms with Gasteiger partial charge in [0.25, 0.3) is 0 Å². The van der Waals surface area contributed by atoms with Crippen molar-refractivity contribution in [3.05, 3.63) is 35.7 Å². The van der Waals surface area contributed by atoms with Crippen molar-refractivity contribution in [3.8, 4) is 17.2 Å². The number of halogens is 2. The Hall–Kier alpha value is -2.44. The Morgan fingerprint density at radius 2 is 2.21 bits per heavy atom. The fourth-order valence-corrected chi connectivity index (χ4v) is 1.52. The van der Waals surface area contributed by atoms with Crippen molar-refractivity contribution in [2.75, 3.05) is 0 Å². The summed E-state index contributed by atoms with van der Waals surface area (Å²) in [6.07, 6.45) is 0. The highest BCUT2D eigenvalue weighted by Gasteiger charge is 2.17. The third kappa shape index (κ3) is 2.87. The minimum atomic E-state index is -2.93. The Labute approximate surface area is 106 Å². The van der Waals surface area contributed by atoms with Crippen LogP contribution in [-0.4, -0.2) is 22.7 Å². The van der Waals surface area contributed by atoms with Crippen LogP contribution in [0.5, 0.6) is 5.75 Å². The first-order valence-electron chi connectivity index (χ1n) is 5.23. The normalized spacial score (nSPS) is 10.7. The van der Waals surface area contributed by atoms with Gasteiger partial charge in [-0.25, -0.2) is 9.78 Å². The molecule has 1 heterocycles. The molecule has 1 N–H and O–H groups in total. The molecule has 0 saturated carbocycles. The third-order valence-electron chi connectivity index (χ3n) is 2.31. The van der Waals surface area contributed by atoms with E-state index in [4.69, 9.17) is 9.52 Å². The lowest BCUT2D eigenvalue weighted by Crippen LogP contribution is -2.01. The Kier molecular flexibility index (Phi) is 3.46. The van der Waals surface area contributed by atoms with Gasteiger partial charge in [0.05, 0.1) is 0 Å². The van der Waals surface area contributed by atoms with E-state index in [9.17, 15) is 13.6 Å². The van der Waals surface area contributed by atoms with E-state index in [1.807, 2.05) is 0 Å². The molecule has 1 aromatic carbocycles. The molecular weight excluding hydrogens is 260 g/mol. The van der Waals surface area contributed by atoms with Gasteiger partial charge < -0.3 is 14.3 Å². The number of ether oxygens (including phenoxy) is 1. The molecule has 1 aromatic heterocycles. The topological polar surface area (TPSA) is 72.6 Å². The van der Waals surface area contributed by atoms with Crippen LogP contribution < -0.4 is 4.74 Å². The number of aromatic nitrogens is 1. The Balaban J connectivity index is 2.36. The fourth-order valence-electron chi connectivity index (χ4n) is 1.52. The number of alkyl halides is 2. The van der Waals surface area contributed by atoms with E-state index in [1.54, 1.807) is 6.07 Å². The largest absolute Gasteiger partial charge is 0.476 e. The van der Waals surface area contributed by atoms with Gasteiger partial charge in [0.2, 0.25) is 5.89 Å². The first-order chi connectivity index (χ1) is 8.97. The van der Waals surface area contributed by atoms with Crippen molar-refractivity contribution in [3.63, 3.8) is 0 Å². The highest BCUT2D eigenvalue weighted by atomic mass is 19.3. The Morgan fingerprint density at radius 1 is 1.47 bits per heavy atom. The standard InChI is InChI=1S/C12H9F2NO4/c1-6-9(11(16)17)15-10(18-6)7-3-2-4-8(5-7)19-12(13)14/h2-5,12H,1H3,(H,16,17). The molecule has 2 aromatic rings. The Morgan fingerprint density at radius 3 is 2.79 bits per heavy atom. The minimum absolute atomic E-state index is 0.0367. The number of hydrogen-bond donors (Lipinski definition) is 1. The van der Waals surface area contributed by atoms with Crippen LogP contribution in [0.2, 0.25) is 0 Å². The molecule has 0 radical (unpaired) electrons. The van der Waals surface area contributed by atoms with Crippen molar-refractivity contribution in [1.82, 2.24) is 4.98 Å². The minimum Gasteiger partial charge on any atom is -0.476 e. The number of carboxylic acid groups (broad SMARTS) is 1. The molecule has 0 amide bonds. The van der Waals surface area contributed by atoms with Crippen LogP contribution in [-0.2, 0) is 0 Å². The summed E-state index contributed by atoms with van der Waals surface area (Å²) >= 11 is 0. The molecule has 100 valence electrons. The molecule has 2 rings (SSSR count). The number of nitrogens with zero attached hydrogens (tertiary/aromatic N) is 1. The van der Waals surface area contributed by atoms with E-state index >= 15 is 0 Å². The first-order valence-corrected chi connectivity index (χ1v) is 5.23.